The highest BCUT2D eigenvalue weighted by Gasteiger charge is 2.14. The summed E-state index contributed by atoms with van der Waals surface area (Å²) in [4.78, 5) is 0. The number of fused-ring (bicyclic) bond motifs is 5. The van der Waals surface area contributed by atoms with Gasteiger partial charge in [0.15, 0.2) is 0 Å². The second kappa shape index (κ2) is 4.76. The van der Waals surface area contributed by atoms with Gasteiger partial charge in [0.2, 0.25) is 0 Å². The Bertz CT molecular complexity index is 975. The summed E-state index contributed by atoms with van der Waals surface area (Å²) in [5, 5.41) is 14.0. The summed E-state index contributed by atoms with van der Waals surface area (Å²) in [6.07, 6.45) is 0. The van der Waals surface area contributed by atoms with Gasteiger partial charge in [-0.15, -0.1) is 11.3 Å². The molecule has 1 heterocycles. The molecule has 4 aromatic rings. The van der Waals surface area contributed by atoms with E-state index in [1.807, 2.05) is 12.1 Å². The Kier molecular flexibility index (Phi) is 2.87. The highest BCUT2D eigenvalue weighted by Crippen LogP contribution is 2.43. The molecule has 0 aliphatic heterocycles. The number of thiophene rings is 1. The highest BCUT2D eigenvalue weighted by molar-refractivity contribution is 7.26. The van der Waals surface area contributed by atoms with E-state index in [4.69, 9.17) is 9.68 Å². The number of aryl methyl sites for hydroxylation is 1. The monoisotopic (exact) mass is 292 g/mol. The van der Waals surface area contributed by atoms with Gasteiger partial charge in [0.05, 0.1) is 4.70 Å². The van der Waals surface area contributed by atoms with Crippen LogP contribution in [0.2, 0.25) is 0 Å². The van der Waals surface area contributed by atoms with E-state index in [9.17, 15) is 0 Å². The van der Waals surface area contributed by atoms with Crippen LogP contribution >= 0.6 is 11.3 Å². The average molecular weight is 292 g/mol. The van der Waals surface area contributed by atoms with Gasteiger partial charge in [-0.3, -0.25) is 0 Å². The van der Waals surface area contributed by atoms with Gasteiger partial charge in [0.25, 0.3) is 0 Å². The average Bonchev–Trinajstić information content (AvgIpc) is 2.87. The first-order valence-electron chi connectivity index (χ1n) is 6.86. The minimum atomic E-state index is -0.305. The highest BCUT2D eigenvalue weighted by atomic mass is 32.1. The zero-order chi connectivity index (χ0) is 14.4. The predicted molar refractivity (Wildman–Crippen MR) is 91.6 cm³/mol. The molecule has 0 aliphatic rings. The van der Waals surface area contributed by atoms with Gasteiger partial charge in [-0.05, 0) is 35.9 Å². The van der Waals surface area contributed by atoms with Crippen molar-refractivity contribution in [1.82, 2.24) is 0 Å². The summed E-state index contributed by atoms with van der Waals surface area (Å²) in [6, 6.07) is 16.8. The second-order valence-electron chi connectivity index (χ2n) is 5.18. The first-order valence-corrected chi connectivity index (χ1v) is 7.68. The minimum Gasteiger partial charge on any atom is -0.538 e. The molecule has 0 unspecified atom stereocenters. The van der Waals surface area contributed by atoms with E-state index >= 15 is 0 Å². The van der Waals surface area contributed by atoms with Crippen molar-refractivity contribution in [2.75, 3.05) is 0 Å². The molecule has 4 rings (SSSR count). The summed E-state index contributed by atoms with van der Waals surface area (Å²) in [7, 11) is -0.305. The topological polar surface area (TPSA) is 29.5 Å². The summed E-state index contributed by atoms with van der Waals surface area (Å²) in [6.45, 7) is 2.11. The minimum absolute atomic E-state index is 0.305. The maximum atomic E-state index is 9.15. The van der Waals surface area contributed by atoms with Crippen molar-refractivity contribution in [2.45, 2.75) is 6.92 Å². The van der Waals surface area contributed by atoms with Crippen LogP contribution < -0.4 is 4.65 Å². The molecule has 0 aliphatic carbocycles. The molecule has 0 spiro atoms. The van der Waals surface area contributed by atoms with E-state index < -0.39 is 0 Å². The number of hydrogen-bond acceptors (Lipinski definition) is 3. The molecule has 3 aromatic carbocycles. The summed E-state index contributed by atoms with van der Waals surface area (Å²) < 4.78 is 7.80. The number of benzene rings is 3. The van der Waals surface area contributed by atoms with Crippen molar-refractivity contribution >= 4 is 50.0 Å². The fourth-order valence-corrected chi connectivity index (χ4v) is 4.05. The van der Waals surface area contributed by atoms with Gasteiger partial charge in [-0.2, -0.15) is 0 Å². The fraction of sp³-hybridized carbons (Fsp3) is 0.0588. The van der Waals surface area contributed by atoms with Crippen molar-refractivity contribution in [3.8, 4) is 5.75 Å². The Morgan fingerprint density at radius 2 is 1.90 bits per heavy atom. The first-order chi connectivity index (χ1) is 10.3. The van der Waals surface area contributed by atoms with Crippen LogP contribution in [0.4, 0.5) is 0 Å². The molecule has 0 saturated carbocycles. The van der Waals surface area contributed by atoms with Crippen molar-refractivity contribution in [3.63, 3.8) is 0 Å². The largest absolute Gasteiger partial charge is 0.538 e. The molecule has 0 saturated heterocycles. The summed E-state index contributed by atoms with van der Waals surface area (Å²) >= 11 is 1.72. The van der Waals surface area contributed by atoms with Crippen LogP contribution in [-0.4, -0.2) is 12.7 Å². The van der Waals surface area contributed by atoms with Crippen molar-refractivity contribution < 1.29 is 9.68 Å². The molecule has 1 N–H and O–H groups in total. The van der Waals surface area contributed by atoms with E-state index in [0.717, 1.165) is 15.8 Å². The maximum Gasteiger partial charge on any atom is 0.504 e. The van der Waals surface area contributed by atoms with Crippen molar-refractivity contribution in [2.24, 2.45) is 0 Å². The molecule has 0 fully saturated rings. The number of hydrogen-bond donors (Lipinski definition) is 1. The van der Waals surface area contributed by atoms with Crippen LogP contribution in [0.25, 0.3) is 30.9 Å². The van der Waals surface area contributed by atoms with E-state index in [2.05, 4.69) is 43.3 Å². The van der Waals surface area contributed by atoms with Crippen LogP contribution in [0.5, 0.6) is 5.75 Å². The SMILES string of the molecule is Cc1ccc2sc3c(OBO)cc4ccccc4c3c2c1. The van der Waals surface area contributed by atoms with Gasteiger partial charge in [-0.1, -0.05) is 35.9 Å². The molecule has 102 valence electrons. The first kappa shape index (κ1) is 12.7. The lowest BCUT2D eigenvalue weighted by molar-refractivity contribution is 0.457. The molecule has 21 heavy (non-hydrogen) atoms. The van der Waals surface area contributed by atoms with E-state index in [1.54, 1.807) is 11.3 Å². The smallest absolute Gasteiger partial charge is 0.504 e. The normalized spacial score (nSPS) is 11.3. The molecule has 1 aromatic heterocycles. The van der Waals surface area contributed by atoms with Gasteiger partial charge >= 0.3 is 7.69 Å². The molecule has 2 nitrogen and oxygen atoms in total. The molecule has 0 atom stereocenters. The molecule has 0 bridgehead atoms. The molecular formula is C17H13BO2S. The van der Waals surface area contributed by atoms with Crippen molar-refractivity contribution in [1.29, 1.82) is 0 Å². The lowest BCUT2D eigenvalue weighted by atomic mass is 10.0. The molecule has 4 heteroatoms. The Balaban J connectivity index is 2.26. The Hall–Kier alpha value is -2.04. The lowest BCUT2D eigenvalue weighted by Gasteiger charge is -2.07. The standard InChI is InChI=1S/C17H13BO2S/c1-10-6-7-15-13(8-10)16-12-5-3-2-4-11(12)9-14(20-18-19)17(16)21-15/h2-9,18-19H,1H3. The van der Waals surface area contributed by atoms with Crippen LogP contribution in [0.1, 0.15) is 5.56 Å². The third-order valence-electron chi connectivity index (χ3n) is 3.80. The van der Waals surface area contributed by atoms with Crippen LogP contribution in [0.3, 0.4) is 0 Å². The van der Waals surface area contributed by atoms with Gasteiger partial charge in [0, 0.05) is 15.5 Å². The Labute approximate surface area is 126 Å². The van der Waals surface area contributed by atoms with E-state index in [0.29, 0.717) is 0 Å². The Morgan fingerprint density at radius 1 is 1.05 bits per heavy atom. The second-order valence-corrected chi connectivity index (χ2v) is 6.23. The molecular weight excluding hydrogens is 279 g/mol. The van der Waals surface area contributed by atoms with Gasteiger partial charge < -0.3 is 9.68 Å². The summed E-state index contributed by atoms with van der Waals surface area (Å²) in [5.41, 5.74) is 1.25. The van der Waals surface area contributed by atoms with Crippen LogP contribution in [0.15, 0.2) is 48.5 Å². The molecule has 0 radical (unpaired) electrons. The Morgan fingerprint density at radius 3 is 2.76 bits per heavy atom. The third kappa shape index (κ3) is 1.91. The van der Waals surface area contributed by atoms with E-state index in [-0.39, 0.29) is 7.69 Å². The fourth-order valence-electron chi connectivity index (χ4n) is 2.89. The zero-order valence-electron chi connectivity index (χ0n) is 11.6. The third-order valence-corrected chi connectivity index (χ3v) is 4.99. The van der Waals surface area contributed by atoms with Crippen molar-refractivity contribution in [3.05, 3.63) is 54.1 Å². The van der Waals surface area contributed by atoms with Crippen LogP contribution in [0, 0.1) is 6.92 Å². The zero-order valence-corrected chi connectivity index (χ0v) is 12.4. The van der Waals surface area contributed by atoms with Gasteiger partial charge in [-0.25, -0.2) is 0 Å². The molecule has 0 amide bonds. The lowest BCUT2D eigenvalue weighted by Crippen LogP contribution is -1.99. The van der Waals surface area contributed by atoms with Gasteiger partial charge in [0.1, 0.15) is 5.75 Å². The number of rotatable bonds is 2. The summed E-state index contributed by atoms with van der Waals surface area (Å²) in [5.74, 6) is 0.755. The maximum absolute atomic E-state index is 9.15. The predicted octanol–water partition coefficient (Wildman–Crippen LogP) is 4.15. The van der Waals surface area contributed by atoms with Crippen LogP contribution in [-0.2, 0) is 0 Å². The quantitative estimate of drug-likeness (QED) is 0.562. The van der Waals surface area contributed by atoms with E-state index in [1.165, 1.54) is 26.4 Å².